The minimum atomic E-state index is -0.0717. The van der Waals surface area contributed by atoms with Crippen molar-refractivity contribution in [3.8, 4) is 0 Å². The van der Waals surface area contributed by atoms with E-state index in [1.165, 1.54) is 0 Å². The van der Waals surface area contributed by atoms with Crippen molar-refractivity contribution in [1.29, 1.82) is 0 Å². The van der Waals surface area contributed by atoms with Gasteiger partial charge in [0.25, 0.3) is 0 Å². The van der Waals surface area contributed by atoms with Crippen LogP contribution in [0.3, 0.4) is 0 Å². The van der Waals surface area contributed by atoms with Crippen LogP contribution in [0.1, 0.15) is 38.5 Å². The van der Waals surface area contributed by atoms with Gasteiger partial charge in [0.05, 0.1) is 11.0 Å². The maximum absolute atomic E-state index is 13.6. The van der Waals surface area contributed by atoms with Gasteiger partial charge in [-0.15, -0.1) is 0 Å². The Bertz CT molecular complexity index is 927. The molecule has 1 aliphatic heterocycles. The largest absolute Gasteiger partial charge is 0.357 e. The van der Waals surface area contributed by atoms with E-state index in [9.17, 15) is 9.59 Å². The number of amides is 1. The van der Waals surface area contributed by atoms with Crippen LogP contribution in [0.4, 0.5) is 11.6 Å². The molecule has 0 spiro atoms. The molecular formula is C22H26N4O2. The van der Waals surface area contributed by atoms with Gasteiger partial charge in [-0.2, -0.15) is 0 Å². The Balaban J connectivity index is 1.51. The molecule has 2 unspecified atom stereocenters. The fourth-order valence-corrected chi connectivity index (χ4v) is 5.21. The fraction of sp³-hybridized carbons (Fsp3) is 0.545. The molecule has 2 aromatic rings. The van der Waals surface area contributed by atoms with E-state index < -0.39 is 0 Å². The molecule has 2 bridgehead atoms. The number of carbonyl (C=O) groups excluding carboxylic acids is 2. The summed E-state index contributed by atoms with van der Waals surface area (Å²) in [4.78, 5) is 39.6. The van der Waals surface area contributed by atoms with Crippen LogP contribution in [0.2, 0.25) is 0 Å². The number of nitrogens with zero attached hydrogens (tertiary/aromatic N) is 4. The maximum atomic E-state index is 13.6. The van der Waals surface area contributed by atoms with Crippen LogP contribution >= 0.6 is 0 Å². The standard InChI is InChI=1S/C22H26N4O2/c1-25-10-5-11-26(21-20(25)23-17-8-2-3-9-18(17)24-21)22(28)16-12-14-6-4-7-15(13-16)19(14)27/h2-3,8-9,14-16H,4-7,10-13H2,1H3. The summed E-state index contributed by atoms with van der Waals surface area (Å²) in [7, 11) is 2.01. The third-order valence-corrected chi connectivity index (χ3v) is 6.69. The lowest BCUT2D eigenvalue weighted by Gasteiger charge is -2.38. The van der Waals surface area contributed by atoms with E-state index in [2.05, 4.69) is 4.90 Å². The zero-order valence-electron chi connectivity index (χ0n) is 16.3. The van der Waals surface area contributed by atoms with Crippen molar-refractivity contribution < 1.29 is 9.59 Å². The Kier molecular flexibility index (Phi) is 4.29. The number of carbonyl (C=O) groups is 2. The topological polar surface area (TPSA) is 66.4 Å². The number of fused-ring (bicyclic) bond motifs is 4. The third kappa shape index (κ3) is 2.86. The Morgan fingerprint density at radius 3 is 2.29 bits per heavy atom. The summed E-state index contributed by atoms with van der Waals surface area (Å²) in [6, 6.07) is 7.81. The van der Waals surface area contributed by atoms with E-state index in [1.54, 1.807) is 0 Å². The highest BCUT2D eigenvalue weighted by atomic mass is 16.2. The number of rotatable bonds is 1. The Hall–Kier alpha value is -2.50. The molecule has 1 aromatic carbocycles. The molecule has 1 aromatic heterocycles. The monoisotopic (exact) mass is 378 g/mol. The highest BCUT2D eigenvalue weighted by Crippen LogP contribution is 2.42. The van der Waals surface area contributed by atoms with Gasteiger partial charge in [0, 0.05) is 37.9 Å². The molecule has 2 atom stereocenters. The van der Waals surface area contributed by atoms with Crippen LogP contribution in [0.5, 0.6) is 0 Å². The fourth-order valence-electron chi connectivity index (χ4n) is 5.21. The first kappa shape index (κ1) is 17.6. The first-order chi connectivity index (χ1) is 13.6. The molecule has 6 heteroatoms. The van der Waals surface area contributed by atoms with Crippen molar-refractivity contribution in [2.24, 2.45) is 17.8 Å². The Morgan fingerprint density at radius 2 is 1.61 bits per heavy atom. The second-order valence-corrected chi connectivity index (χ2v) is 8.52. The number of Topliss-reactive ketones (excluding diaryl/α,β-unsaturated/α-hetero) is 1. The van der Waals surface area contributed by atoms with Crippen molar-refractivity contribution in [2.75, 3.05) is 29.9 Å². The number of hydrogen-bond acceptors (Lipinski definition) is 5. The smallest absolute Gasteiger partial charge is 0.231 e. The second kappa shape index (κ2) is 6.83. The van der Waals surface area contributed by atoms with Crippen LogP contribution < -0.4 is 9.80 Å². The van der Waals surface area contributed by atoms with Crippen LogP contribution in [0.15, 0.2) is 24.3 Å². The van der Waals surface area contributed by atoms with Crippen molar-refractivity contribution in [3.05, 3.63) is 24.3 Å². The Morgan fingerprint density at radius 1 is 0.964 bits per heavy atom. The summed E-state index contributed by atoms with van der Waals surface area (Å²) in [6.07, 6.45) is 5.31. The maximum Gasteiger partial charge on any atom is 0.231 e. The zero-order valence-corrected chi connectivity index (χ0v) is 16.3. The van der Waals surface area contributed by atoms with Gasteiger partial charge in [-0.1, -0.05) is 18.6 Å². The van der Waals surface area contributed by atoms with Gasteiger partial charge < -0.3 is 4.90 Å². The molecule has 0 saturated heterocycles. The highest BCUT2D eigenvalue weighted by molar-refractivity contribution is 5.99. The van der Waals surface area contributed by atoms with Crippen molar-refractivity contribution in [3.63, 3.8) is 0 Å². The number of benzene rings is 1. The molecular weight excluding hydrogens is 352 g/mol. The van der Waals surface area contributed by atoms with Gasteiger partial charge in [0.1, 0.15) is 5.78 Å². The van der Waals surface area contributed by atoms with Gasteiger partial charge in [-0.3, -0.25) is 14.5 Å². The summed E-state index contributed by atoms with van der Waals surface area (Å²) < 4.78 is 0. The predicted molar refractivity (Wildman–Crippen MR) is 108 cm³/mol. The minimum Gasteiger partial charge on any atom is -0.357 e. The molecule has 3 aliphatic rings. The summed E-state index contributed by atoms with van der Waals surface area (Å²) in [5.74, 6) is 2.07. The molecule has 6 nitrogen and oxygen atoms in total. The summed E-state index contributed by atoms with van der Waals surface area (Å²) >= 11 is 0. The number of para-hydroxylation sites is 2. The first-order valence-electron chi connectivity index (χ1n) is 10.4. The van der Waals surface area contributed by atoms with Crippen LogP contribution in [-0.4, -0.2) is 41.8 Å². The van der Waals surface area contributed by atoms with Gasteiger partial charge in [0.2, 0.25) is 5.91 Å². The number of anilines is 2. The van der Waals surface area contributed by atoms with Gasteiger partial charge in [0.15, 0.2) is 11.6 Å². The molecule has 2 saturated carbocycles. The summed E-state index contributed by atoms with van der Waals surface area (Å²) in [5.41, 5.74) is 1.66. The average molecular weight is 378 g/mol. The van der Waals surface area contributed by atoms with E-state index in [0.29, 0.717) is 31.0 Å². The van der Waals surface area contributed by atoms with Crippen molar-refractivity contribution in [1.82, 2.24) is 9.97 Å². The Labute approximate surface area is 164 Å². The van der Waals surface area contributed by atoms with Crippen molar-refractivity contribution >= 4 is 34.4 Å². The lowest BCUT2D eigenvalue weighted by Crippen LogP contribution is -2.44. The molecule has 5 rings (SSSR count). The van der Waals surface area contributed by atoms with Gasteiger partial charge >= 0.3 is 0 Å². The summed E-state index contributed by atoms with van der Waals surface area (Å²) in [5, 5.41) is 0. The SMILES string of the molecule is CN1CCCN(C(=O)C2CC3CCCC(C2)C3=O)c2nc3ccccc3nc21. The van der Waals surface area contributed by atoms with Crippen LogP contribution in [0.25, 0.3) is 11.0 Å². The molecule has 146 valence electrons. The minimum absolute atomic E-state index is 0.0717. The van der Waals surface area contributed by atoms with Gasteiger partial charge in [-0.25, -0.2) is 9.97 Å². The average Bonchev–Trinajstić information content (AvgIpc) is 2.84. The van der Waals surface area contributed by atoms with Gasteiger partial charge in [-0.05, 0) is 44.2 Å². The second-order valence-electron chi connectivity index (χ2n) is 8.52. The highest BCUT2D eigenvalue weighted by Gasteiger charge is 2.43. The predicted octanol–water partition coefficient (Wildman–Crippen LogP) is 3.20. The lowest BCUT2D eigenvalue weighted by molar-refractivity contribution is -0.136. The van der Waals surface area contributed by atoms with E-state index in [4.69, 9.17) is 9.97 Å². The molecule has 0 radical (unpaired) electrons. The molecule has 2 heterocycles. The van der Waals surface area contributed by atoms with Crippen LogP contribution in [-0.2, 0) is 9.59 Å². The number of ketones is 1. The van der Waals surface area contributed by atoms with E-state index >= 15 is 0 Å². The molecule has 28 heavy (non-hydrogen) atoms. The normalized spacial score (nSPS) is 27.5. The lowest BCUT2D eigenvalue weighted by atomic mass is 9.67. The zero-order chi connectivity index (χ0) is 19.3. The number of hydrogen-bond donors (Lipinski definition) is 0. The van der Waals surface area contributed by atoms with Crippen molar-refractivity contribution in [2.45, 2.75) is 38.5 Å². The first-order valence-corrected chi connectivity index (χ1v) is 10.4. The number of aromatic nitrogens is 2. The van der Waals surface area contributed by atoms with Crippen LogP contribution in [0, 0.1) is 17.8 Å². The summed E-state index contributed by atoms with van der Waals surface area (Å²) in [6.45, 7) is 1.50. The molecule has 2 fully saturated rings. The van der Waals surface area contributed by atoms with E-state index in [1.807, 2.05) is 36.2 Å². The molecule has 1 amide bonds. The quantitative estimate of drug-likeness (QED) is 0.762. The molecule has 0 N–H and O–H groups in total. The van der Waals surface area contributed by atoms with E-state index in [-0.39, 0.29) is 23.7 Å². The van der Waals surface area contributed by atoms with E-state index in [0.717, 1.165) is 49.1 Å². The third-order valence-electron chi connectivity index (χ3n) is 6.69. The molecule has 2 aliphatic carbocycles.